The van der Waals surface area contributed by atoms with Crippen molar-refractivity contribution >= 4 is 28.2 Å². The van der Waals surface area contributed by atoms with E-state index in [1.54, 1.807) is 0 Å². The van der Waals surface area contributed by atoms with Gasteiger partial charge in [0, 0.05) is 52.2 Å². The number of aromatic nitrogens is 1. The summed E-state index contributed by atoms with van der Waals surface area (Å²) >= 11 is 1.94. The van der Waals surface area contributed by atoms with Gasteiger partial charge in [-0.15, -0.1) is 11.8 Å². The van der Waals surface area contributed by atoms with Crippen molar-refractivity contribution in [1.29, 1.82) is 0 Å². The zero-order valence-corrected chi connectivity index (χ0v) is 11.0. The minimum atomic E-state index is 0.652. The SMILES string of the molecule is Nc1ccc(SC2CCOCC2)c2ccncc12. The first-order valence-corrected chi connectivity index (χ1v) is 7.09. The molecule has 0 amide bonds. The van der Waals surface area contributed by atoms with Crippen molar-refractivity contribution in [2.24, 2.45) is 0 Å². The lowest BCUT2D eigenvalue weighted by Gasteiger charge is -2.22. The van der Waals surface area contributed by atoms with Gasteiger partial charge in [0.1, 0.15) is 0 Å². The van der Waals surface area contributed by atoms with Crippen LogP contribution in [-0.4, -0.2) is 23.4 Å². The minimum absolute atomic E-state index is 0.652. The first-order valence-electron chi connectivity index (χ1n) is 6.21. The van der Waals surface area contributed by atoms with Gasteiger partial charge in [-0.1, -0.05) is 0 Å². The summed E-state index contributed by atoms with van der Waals surface area (Å²) < 4.78 is 5.40. The Balaban J connectivity index is 1.94. The molecule has 1 aliphatic rings. The molecule has 2 heterocycles. The smallest absolute Gasteiger partial charge is 0.0476 e. The van der Waals surface area contributed by atoms with Crippen LogP contribution in [0.5, 0.6) is 0 Å². The Morgan fingerprint density at radius 1 is 1.17 bits per heavy atom. The van der Waals surface area contributed by atoms with E-state index >= 15 is 0 Å². The predicted octanol–water partition coefficient (Wildman–Crippen LogP) is 3.09. The monoisotopic (exact) mass is 260 g/mol. The fourth-order valence-electron chi connectivity index (χ4n) is 2.26. The third kappa shape index (κ3) is 2.31. The molecule has 1 aromatic carbocycles. The highest BCUT2D eigenvalue weighted by atomic mass is 32.2. The van der Waals surface area contributed by atoms with Crippen LogP contribution < -0.4 is 5.73 Å². The molecule has 0 unspecified atom stereocenters. The van der Waals surface area contributed by atoms with Crippen LogP contribution in [0, 0.1) is 0 Å². The number of rotatable bonds is 2. The molecular weight excluding hydrogens is 244 g/mol. The molecule has 0 radical (unpaired) electrons. The van der Waals surface area contributed by atoms with Crippen molar-refractivity contribution in [2.45, 2.75) is 23.0 Å². The maximum Gasteiger partial charge on any atom is 0.0476 e. The molecule has 3 rings (SSSR count). The van der Waals surface area contributed by atoms with Crippen LogP contribution in [0.1, 0.15) is 12.8 Å². The van der Waals surface area contributed by atoms with E-state index in [1.807, 2.05) is 36.3 Å². The highest BCUT2D eigenvalue weighted by Gasteiger charge is 2.16. The fraction of sp³-hybridized carbons (Fsp3) is 0.357. The second-order valence-corrected chi connectivity index (χ2v) is 5.85. The Bertz CT molecular complexity index is 552. The van der Waals surface area contributed by atoms with Gasteiger partial charge in [0.15, 0.2) is 0 Å². The van der Waals surface area contributed by atoms with Crippen molar-refractivity contribution in [3.05, 3.63) is 30.6 Å². The molecule has 0 atom stereocenters. The van der Waals surface area contributed by atoms with Gasteiger partial charge < -0.3 is 10.5 Å². The number of benzene rings is 1. The fourth-order valence-corrected chi connectivity index (χ4v) is 3.50. The van der Waals surface area contributed by atoms with Crippen molar-refractivity contribution in [1.82, 2.24) is 4.98 Å². The maximum absolute atomic E-state index is 5.99. The van der Waals surface area contributed by atoms with E-state index in [2.05, 4.69) is 11.1 Å². The van der Waals surface area contributed by atoms with Gasteiger partial charge in [-0.05, 0) is 31.0 Å². The number of nitrogen functional groups attached to an aromatic ring is 1. The Hall–Kier alpha value is -1.26. The molecule has 2 N–H and O–H groups in total. The first kappa shape index (κ1) is 11.8. The summed E-state index contributed by atoms with van der Waals surface area (Å²) in [7, 11) is 0. The quantitative estimate of drug-likeness (QED) is 0.843. The van der Waals surface area contributed by atoms with Crippen LogP contribution in [0.3, 0.4) is 0 Å². The Morgan fingerprint density at radius 3 is 2.83 bits per heavy atom. The van der Waals surface area contributed by atoms with Crippen LogP contribution in [-0.2, 0) is 4.74 Å². The standard InChI is InChI=1S/C14H16N2OS/c15-13-1-2-14(11-3-6-16-9-12(11)13)18-10-4-7-17-8-5-10/h1-3,6,9-10H,4-5,7-8,15H2. The number of hydrogen-bond donors (Lipinski definition) is 1. The third-order valence-corrected chi connectivity index (χ3v) is 4.69. The van der Waals surface area contributed by atoms with Gasteiger partial charge in [-0.2, -0.15) is 0 Å². The summed E-state index contributed by atoms with van der Waals surface area (Å²) in [5.74, 6) is 0. The predicted molar refractivity (Wildman–Crippen MR) is 75.9 cm³/mol. The van der Waals surface area contributed by atoms with Crippen molar-refractivity contribution in [3.8, 4) is 0 Å². The number of ether oxygens (including phenoxy) is 1. The second kappa shape index (κ2) is 5.16. The van der Waals surface area contributed by atoms with Crippen molar-refractivity contribution in [3.63, 3.8) is 0 Å². The lowest BCUT2D eigenvalue weighted by Crippen LogP contribution is -2.17. The van der Waals surface area contributed by atoms with E-state index in [1.165, 1.54) is 10.3 Å². The minimum Gasteiger partial charge on any atom is -0.398 e. The number of nitrogens with zero attached hydrogens (tertiary/aromatic N) is 1. The topological polar surface area (TPSA) is 48.1 Å². The average Bonchev–Trinajstić information content (AvgIpc) is 2.44. The lowest BCUT2D eigenvalue weighted by molar-refractivity contribution is 0.100. The van der Waals surface area contributed by atoms with E-state index in [9.17, 15) is 0 Å². The Morgan fingerprint density at radius 2 is 2.00 bits per heavy atom. The second-order valence-electron chi connectivity index (χ2n) is 4.50. The van der Waals surface area contributed by atoms with E-state index in [0.717, 1.165) is 37.1 Å². The zero-order valence-electron chi connectivity index (χ0n) is 10.1. The van der Waals surface area contributed by atoms with E-state index < -0.39 is 0 Å². The summed E-state index contributed by atoms with van der Waals surface area (Å²) in [6, 6.07) is 6.15. The molecule has 0 bridgehead atoms. The molecule has 18 heavy (non-hydrogen) atoms. The van der Waals surface area contributed by atoms with E-state index in [4.69, 9.17) is 10.5 Å². The maximum atomic E-state index is 5.99. The van der Waals surface area contributed by atoms with Gasteiger partial charge in [0.25, 0.3) is 0 Å². The molecule has 0 saturated carbocycles. The van der Waals surface area contributed by atoms with Crippen LogP contribution in [0.15, 0.2) is 35.5 Å². The third-order valence-electron chi connectivity index (χ3n) is 3.27. The van der Waals surface area contributed by atoms with Gasteiger partial charge in [-0.25, -0.2) is 0 Å². The number of hydrogen-bond acceptors (Lipinski definition) is 4. The summed E-state index contributed by atoms with van der Waals surface area (Å²) in [6.45, 7) is 1.76. The number of nitrogens with two attached hydrogens (primary N) is 1. The van der Waals surface area contributed by atoms with Crippen LogP contribution in [0.25, 0.3) is 10.8 Å². The molecule has 1 aliphatic heterocycles. The molecule has 0 aliphatic carbocycles. The Kier molecular flexibility index (Phi) is 3.39. The van der Waals surface area contributed by atoms with E-state index in [-0.39, 0.29) is 0 Å². The van der Waals surface area contributed by atoms with Crippen LogP contribution >= 0.6 is 11.8 Å². The normalized spacial score (nSPS) is 17.1. The van der Waals surface area contributed by atoms with E-state index in [0.29, 0.717) is 5.25 Å². The summed E-state index contributed by atoms with van der Waals surface area (Å²) in [4.78, 5) is 5.45. The molecule has 1 fully saturated rings. The van der Waals surface area contributed by atoms with Gasteiger partial charge in [0.05, 0.1) is 0 Å². The van der Waals surface area contributed by atoms with Crippen molar-refractivity contribution < 1.29 is 4.74 Å². The highest BCUT2D eigenvalue weighted by Crippen LogP contribution is 2.36. The summed E-state index contributed by atoms with van der Waals surface area (Å²) in [5, 5.41) is 2.91. The summed E-state index contributed by atoms with van der Waals surface area (Å²) in [5.41, 5.74) is 6.79. The number of thioether (sulfide) groups is 1. The first-order chi connectivity index (χ1) is 8.84. The lowest BCUT2D eigenvalue weighted by atomic mass is 10.1. The number of pyridine rings is 1. The van der Waals surface area contributed by atoms with Crippen LogP contribution in [0.4, 0.5) is 5.69 Å². The zero-order chi connectivity index (χ0) is 12.4. The molecule has 94 valence electrons. The molecule has 3 nitrogen and oxygen atoms in total. The number of anilines is 1. The molecule has 1 saturated heterocycles. The molecule has 0 spiro atoms. The average molecular weight is 260 g/mol. The van der Waals surface area contributed by atoms with Crippen LogP contribution in [0.2, 0.25) is 0 Å². The van der Waals surface area contributed by atoms with Gasteiger partial charge in [0.2, 0.25) is 0 Å². The largest absolute Gasteiger partial charge is 0.398 e. The molecule has 4 heteroatoms. The highest BCUT2D eigenvalue weighted by molar-refractivity contribution is 8.00. The summed E-state index contributed by atoms with van der Waals surface area (Å²) in [6.07, 6.45) is 5.93. The van der Waals surface area contributed by atoms with Gasteiger partial charge in [-0.3, -0.25) is 4.98 Å². The Labute approximate surface area is 111 Å². The molecular formula is C14H16N2OS. The van der Waals surface area contributed by atoms with Gasteiger partial charge >= 0.3 is 0 Å². The number of fused-ring (bicyclic) bond motifs is 1. The van der Waals surface area contributed by atoms with Crippen molar-refractivity contribution in [2.75, 3.05) is 18.9 Å². The molecule has 2 aromatic rings. The molecule has 1 aromatic heterocycles.